The summed E-state index contributed by atoms with van der Waals surface area (Å²) in [6.07, 6.45) is 8.09. The number of ether oxygens (including phenoxy) is 1. The zero-order valence-electron chi connectivity index (χ0n) is 20.1. The van der Waals surface area contributed by atoms with Crippen LogP contribution < -0.4 is 10.0 Å². The van der Waals surface area contributed by atoms with Crippen molar-refractivity contribution in [1.29, 1.82) is 0 Å². The summed E-state index contributed by atoms with van der Waals surface area (Å²) in [6, 6.07) is 5.44. The van der Waals surface area contributed by atoms with Crippen LogP contribution in [-0.2, 0) is 14.8 Å². The lowest BCUT2D eigenvalue weighted by Gasteiger charge is -2.28. The highest BCUT2D eigenvalue weighted by atomic mass is 32.2. The minimum atomic E-state index is -3.71. The quantitative estimate of drug-likeness (QED) is 0.399. The van der Waals surface area contributed by atoms with Gasteiger partial charge in [-0.05, 0) is 45.6 Å². The molecule has 0 spiro atoms. The molecule has 2 heterocycles. The summed E-state index contributed by atoms with van der Waals surface area (Å²) in [5, 5.41) is 3.94. The van der Waals surface area contributed by atoms with Crippen molar-refractivity contribution in [3.05, 3.63) is 41.8 Å². The van der Waals surface area contributed by atoms with E-state index < -0.39 is 10.0 Å². The summed E-state index contributed by atoms with van der Waals surface area (Å²) in [5.41, 5.74) is 1.32. The number of amides is 1. The number of carbonyl (C=O) groups is 1. The first-order chi connectivity index (χ1) is 16.8. The molecule has 0 unspecified atom stereocenters. The maximum absolute atomic E-state index is 13.0. The number of carbonyl (C=O) groups excluding carboxylic acids is 1. The van der Waals surface area contributed by atoms with Crippen LogP contribution in [0.3, 0.4) is 0 Å². The van der Waals surface area contributed by atoms with Gasteiger partial charge in [-0.2, -0.15) is 0 Å². The lowest BCUT2D eigenvalue weighted by atomic mass is 9.86. The highest BCUT2D eigenvalue weighted by Crippen LogP contribution is 2.40. The molecule has 3 N–H and O–H groups in total. The van der Waals surface area contributed by atoms with Crippen LogP contribution in [0.5, 0.6) is 0 Å². The molecule has 1 saturated carbocycles. The summed E-state index contributed by atoms with van der Waals surface area (Å²) >= 11 is 1.53. The average molecular weight is 518 g/mol. The summed E-state index contributed by atoms with van der Waals surface area (Å²) in [5.74, 6) is 0.890. The Balaban J connectivity index is 1.53. The second-order valence-corrected chi connectivity index (χ2v) is 11.7. The van der Waals surface area contributed by atoms with Crippen LogP contribution in [0.4, 0.5) is 4.79 Å². The molecule has 11 heteroatoms. The van der Waals surface area contributed by atoms with Crippen LogP contribution in [0.15, 0.2) is 41.7 Å². The third kappa shape index (κ3) is 6.09. The van der Waals surface area contributed by atoms with Gasteiger partial charge in [0, 0.05) is 48.2 Å². The number of nitrogens with one attached hydrogen (secondary N) is 3. The van der Waals surface area contributed by atoms with Crippen LogP contribution in [0, 0.1) is 0 Å². The van der Waals surface area contributed by atoms with Crippen molar-refractivity contribution in [2.45, 2.75) is 69.4 Å². The van der Waals surface area contributed by atoms with Crippen LogP contribution in [-0.4, -0.2) is 48.2 Å². The van der Waals surface area contributed by atoms with E-state index >= 15 is 0 Å². The highest BCUT2D eigenvalue weighted by Gasteiger charge is 2.27. The van der Waals surface area contributed by atoms with Gasteiger partial charge in [0.05, 0.1) is 20.9 Å². The van der Waals surface area contributed by atoms with E-state index in [-0.39, 0.29) is 29.1 Å². The smallest absolute Gasteiger partial charge is 0.407 e. The maximum atomic E-state index is 13.0. The first-order valence-electron chi connectivity index (χ1n) is 11.8. The molecular weight excluding hydrogens is 486 g/mol. The van der Waals surface area contributed by atoms with Crippen LogP contribution >= 0.6 is 11.3 Å². The van der Waals surface area contributed by atoms with Crippen molar-refractivity contribution in [2.75, 3.05) is 6.54 Å². The number of hydrogen-bond acceptors (Lipinski definition) is 7. The molecule has 0 radical (unpaired) electrons. The van der Waals surface area contributed by atoms with E-state index in [4.69, 9.17) is 4.74 Å². The van der Waals surface area contributed by atoms with E-state index in [9.17, 15) is 13.2 Å². The number of H-pyrrole nitrogens is 1. The van der Waals surface area contributed by atoms with Crippen molar-refractivity contribution < 1.29 is 17.9 Å². The molecule has 1 aromatic carbocycles. The number of aromatic nitrogens is 3. The summed E-state index contributed by atoms with van der Waals surface area (Å²) in [4.78, 5) is 24.8. The number of aromatic amines is 1. The van der Waals surface area contributed by atoms with Gasteiger partial charge in [-0.25, -0.2) is 27.9 Å². The summed E-state index contributed by atoms with van der Waals surface area (Å²) in [7, 11) is -3.71. The molecule has 35 heavy (non-hydrogen) atoms. The normalized spacial score (nSPS) is 18.5. The van der Waals surface area contributed by atoms with Gasteiger partial charge in [-0.3, -0.25) is 0 Å². The second kappa shape index (κ2) is 10.9. The number of rotatable bonds is 8. The van der Waals surface area contributed by atoms with E-state index in [1.54, 1.807) is 31.6 Å². The summed E-state index contributed by atoms with van der Waals surface area (Å²) < 4.78 is 33.9. The van der Waals surface area contributed by atoms with Crippen LogP contribution in [0.2, 0.25) is 0 Å². The van der Waals surface area contributed by atoms with E-state index in [0.717, 1.165) is 35.6 Å². The molecule has 1 aliphatic rings. The van der Waals surface area contributed by atoms with Crippen molar-refractivity contribution in [1.82, 2.24) is 25.0 Å². The minimum Gasteiger partial charge on any atom is -0.447 e. The van der Waals surface area contributed by atoms with E-state index in [1.165, 1.54) is 11.3 Å². The molecule has 1 aliphatic carbocycles. The van der Waals surface area contributed by atoms with Gasteiger partial charge in [0.2, 0.25) is 10.0 Å². The van der Waals surface area contributed by atoms with Crippen molar-refractivity contribution in [3.8, 4) is 21.8 Å². The molecule has 1 fully saturated rings. The Kier molecular flexibility index (Phi) is 7.88. The minimum absolute atomic E-state index is 0.0999. The van der Waals surface area contributed by atoms with Gasteiger partial charge in [0.1, 0.15) is 5.82 Å². The SMILES string of the molecule is CCNS(=O)(=O)c1cc(-c2ncc[nH]2)ccc1-c1cnc(C2CCC(NC(=O)OC(C)C)CC2)s1. The van der Waals surface area contributed by atoms with Gasteiger partial charge in [0.25, 0.3) is 0 Å². The molecule has 0 bridgehead atoms. The highest BCUT2D eigenvalue weighted by molar-refractivity contribution is 7.89. The fourth-order valence-corrected chi connectivity index (χ4v) is 6.76. The predicted octanol–water partition coefficient (Wildman–Crippen LogP) is 4.66. The Bertz CT molecular complexity index is 1250. The number of thiazole rings is 1. The second-order valence-electron chi connectivity index (χ2n) is 8.86. The van der Waals surface area contributed by atoms with Crippen LogP contribution in [0.25, 0.3) is 21.8 Å². The number of imidazole rings is 1. The Labute approximate surface area is 209 Å². The van der Waals surface area contributed by atoms with E-state index in [1.807, 2.05) is 26.0 Å². The fourth-order valence-electron chi connectivity index (χ4n) is 4.29. The lowest BCUT2D eigenvalue weighted by molar-refractivity contribution is 0.109. The largest absolute Gasteiger partial charge is 0.447 e. The van der Waals surface area contributed by atoms with Gasteiger partial charge in [-0.1, -0.05) is 19.1 Å². The molecule has 0 atom stereocenters. The standard InChI is InChI=1S/C24H31N5O4S2/c1-4-28-35(31,32)21-13-17(22-25-11-12-26-22)7-10-19(21)20-14-27-23(34-20)16-5-8-18(9-6-16)29-24(30)33-15(2)3/h7,10-16,18,28H,4-6,8-9H2,1-3H3,(H,25,26)(H,29,30). The first-order valence-corrected chi connectivity index (χ1v) is 14.1. The van der Waals surface area contributed by atoms with Crippen molar-refractivity contribution >= 4 is 27.5 Å². The Morgan fingerprint density at radius 2 is 2.00 bits per heavy atom. The zero-order chi connectivity index (χ0) is 25.0. The zero-order valence-corrected chi connectivity index (χ0v) is 21.7. The third-order valence-corrected chi connectivity index (χ3v) is 8.69. The van der Waals surface area contributed by atoms with Gasteiger partial charge in [0.15, 0.2) is 0 Å². The van der Waals surface area contributed by atoms with Gasteiger partial charge in [-0.15, -0.1) is 11.3 Å². The molecule has 4 rings (SSSR count). The number of sulfonamides is 1. The van der Waals surface area contributed by atoms with Crippen LogP contribution in [0.1, 0.15) is 57.4 Å². The Morgan fingerprint density at radius 1 is 1.23 bits per heavy atom. The monoisotopic (exact) mass is 517 g/mol. The van der Waals surface area contributed by atoms with Gasteiger partial charge >= 0.3 is 6.09 Å². The molecular formula is C24H31N5O4S2. The fraction of sp³-hybridized carbons (Fsp3) is 0.458. The molecule has 188 valence electrons. The molecule has 3 aromatic rings. The number of benzene rings is 1. The van der Waals surface area contributed by atoms with E-state index in [2.05, 4.69) is 25.0 Å². The first kappa shape index (κ1) is 25.3. The van der Waals surface area contributed by atoms with Gasteiger partial charge < -0.3 is 15.0 Å². The molecule has 9 nitrogen and oxygen atoms in total. The Hall–Kier alpha value is -2.76. The Morgan fingerprint density at radius 3 is 2.66 bits per heavy atom. The lowest BCUT2D eigenvalue weighted by Crippen LogP contribution is -2.38. The molecule has 1 amide bonds. The molecule has 0 aliphatic heterocycles. The average Bonchev–Trinajstić information content (AvgIpc) is 3.51. The van der Waals surface area contributed by atoms with Crippen molar-refractivity contribution in [3.63, 3.8) is 0 Å². The molecule has 0 saturated heterocycles. The topological polar surface area (TPSA) is 126 Å². The number of nitrogens with zero attached hydrogens (tertiary/aromatic N) is 2. The molecule has 2 aromatic heterocycles. The van der Waals surface area contributed by atoms with E-state index in [0.29, 0.717) is 23.5 Å². The number of hydrogen-bond donors (Lipinski definition) is 3. The predicted molar refractivity (Wildman–Crippen MR) is 136 cm³/mol. The summed E-state index contributed by atoms with van der Waals surface area (Å²) in [6.45, 7) is 5.71. The third-order valence-electron chi connectivity index (χ3n) is 5.91. The maximum Gasteiger partial charge on any atom is 0.407 e. The van der Waals surface area contributed by atoms with Crippen molar-refractivity contribution in [2.24, 2.45) is 0 Å². The number of alkyl carbamates (subject to hydrolysis) is 1.